The number of rotatable bonds is 11. The molecule has 1 aliphatic carbocycles. The van der Waals surface area contributed by atoms with Gasteiger partial charge in [-0.1, -0.05) is 20.3 Å². The van der Waals surface area contributed by atoms with Crippen LogP contribution in [0.5, 0.6) is 0 Å². The number of hydrogen-bond donors (Lipinski definition) is 1. The maximum atomic E-state index is 12.3. The smallest absolute Gasteiger partial charge is 0.326 e. The summed E-state index contributed by atoms with van der Waals surface area (Å²) in [6, 6.07) is 0.464. The van der Waals surface area contributed by atoms with Gasteiger partial charge in [-0.15, -0.1) is 0 Å². The van der Waals surface area contributed by atoms with Crippen molar-refractivity contribution in [2.24, 2.45) is 5.92 Å². The summed E-state index contributed by atoms with van der Waals surface area (Å²) in [6.45, 7) is 11.4. The van der Waals surface area contributed by atoms with Gasteiger partial charge >= 0.3 is 5.97 Å². The average Bonchev–Trinajstić information content (AvgIpc) is 3.20. The molecular weight excluding hydrogens is 266 g/mol. The van der Waals surface area contributed by atoms with E-state index in [1.165, 1.54) is 12.8 Å². The molecule has 3 atom stereocenters. The normalized spacial score (nSPS) is 20.6. The van der Waals surface area contributed by atoms with E-state index in [4.69, 9.17) is 9.47 Å². The summed E-state index contributed by atoms with van der Waals surface area (Å²) in [6.07, 6.45) is 5.37. The predicted octanol–water partition coefficient (Wildman–Crippen LogP) is 3.29. The van der Waals surface area contributed by atoms with Gasteiger partial charge in [-0.25, -0.2) is 0 Å². The Morgan fingerprint density at radius 3 is 2.52 bits per heavy atom. The Morgan fingerprint density at radius 2 is 2.00 bits per heavy atom. The first-order chi connectivity index (χ1) is 9.91. The van der Waals surface area contributed by atoms with Crippen molar-refractivity contribution in [1.29, 1.82) is 0 Å². The SMILES string of the molecule is CCCC(C)COC(C)CC(C)(NC1CC1)C(=O)OCC. The number of carbonyl (C=O) groups is 1. The van der Waals surface area contributed by atoms with Gasteiger partial charge in [0.15, 0.2) is 0 Å². The van der Waals surface area contributed by atoms with E-state index in [-0.39, 0.29) is 12.1 Å². The zero-order valence-corrected chi connectivity index (χ0v) is 14.4. The van der Waals surface area contributed by atoms with Crippen LogP contribution < -0.4 is 5.32 Å². The second-order valence-corrected chi connectivity index (χ2v) is 6.71. The minimum atomic E-state index is -0.634. The first kappa shape index (κ1) is 18.4. The fourth-order valence-electron chi connectivity index (χ4n) is 2.71. The molecule has 1 N–H and O–H groups in total. The Balaban J connectivity index is 2.48. The molecule has 1 aliphatic rings. The topological polar surface area (TPSA) is 47.6 Å². The maximum absolute atomic E-state index is 12.3. The van der Waals surface area contributed by atoms with Crippen molar-refractivity contribution in [3.05, 3.63) is 0 Å². The lowest BCUT2D eigenvalue weighted by Gasteiger charge is -2.31. The highest BCUT2D eigenvalue weighted by Crippen LogP contribution is 2.26. The molecule has 124 valence electrons. The number of ether oxygens (including phenoxy) is 2. The van der Waals surface area contributed by atoms with E-state index in [1.807, 2.05) is 20.8 Å². The fraction of sp³-hybridized carbons (Fsp3) is 0.941. The summed E-state index contributed by atoms with van der Waals surface area (Å²) in [7, 11) is 0. The van der Waals surface area contributed by atoms with Gasteiger partial charge in [-0.2, -0.15) is 0 Å². The molecule has 0 saturated heterocycles. The van der Waals surface area contributed by atoms with Gasteiger partial charge in [0.25, 0.3) is 0 Å². The summed E-state index contributed by atoms with van der Waals surface area (Å²) in [5.74, 6) is 0.414. The highest BCUT2D eigenvalue weighted by molar-refractivity contribution is 5.80. The molecule has 0 heterocycles. The molecule has 1 fully saturated rings. The minimum Gasteiger partial charge on any atom is -0.465 e. The summed E-state index contributed by atoms with van der Waals surface area (Å²) in [4.78, 5) is 12.3. The van der Waals surface area contributed by atoms with E-state index >= 15 is 0 Å². The molecule has 0 spiro atoms. The van der Waals surface area contributed by atoms with Crippen LogP contribution in [-0.2, 0) is 14.3 Å². The van der Waals surface area contributed by atoms with Crippen LogP contribution in [0.1, 0.15) is 66.7 Å². The molecule has 21 heavy (non-hydrogen) atoms. The second-order valence-electron chi connectivity index (χ2n) is 6.71. The van der Waals surface area contributed by atoms with Crippen LogP contribution in [0.15, 0.2) is 0 Å². The van der Waals surface area contributed by atoms with E-state index < -0.39 is 5.54 Å². The molecule has 4 heteroatoms. The van der Waals surface area contributed by atoms with Crippen molar-refractivity contribution < 1.29 is 14.3 Å². The van der Waals surface area contributed by atoms with E-state index in [0.717, 1.165) is 19.4 Å². The molecule has 4 nitrogen and oxygen atoms in total. The van der Waals surface area contributed by atoms with Gasteiger partial charge in [0, 0.05) is 19.1 Å². The Morgan fingerprint density at radius 1 is 1.33 bits per heavy atom. The van der Waals surface area contributed by atoms with Gasteiger partial charge in [0.2, 0.25) is 0 Å². The number of carbonyl (C=O) groups excluding carboxylic acids is 1. The van der Waals surface area contributed by atoms with Gasteiger partial charge in [-0.05, 0) is 46.0 Å². The Bertz CT molecular complexity index is 317. The summed E-state index contributed by atoms with van der Waals surface area (Å²) in [5.41, 5.74) is -0.634. The monoisotopic (exact) mass is 299 g/mol. The molecule has 1 saturated carbocycles. The lowest BCUT2D eigenvalue weighted by atomic mass is 9.94. The summed E-state index contributed by atoms with van der Waals surface area (Å²) < 4.78 is 11.2. The molecule has 0 bridgehead atoms. The molecule has 0 aromatic heterocycles. The number of esters is 1. The van der Waals surface area contributed by atoms with Crippen LogP contribution in [0.25, 0.3) is 0 Å². The Kier molecular flexibility index (Phi) is 7.67. The number of nitrogens with one attached hydrogen (secondary N) is 1. The first-order valence-electron chi connectivity index (χ1n) is 8.47. The second kappa shape index (κ2) is 8.74. The van der Waals surface area contributed by atoms with Crippen molar-refractivity contribution in [2.45, 2.75) is 84.4 Å². The van der Waals surface area contributed by atoms with Crippen LogP contribution in [0.2, 0.25) is 0 Å². The zero-order chi connectivity index (χ0) is 15.9. The molecule has 0 aromatic carbocycles. The van der Waals surface area contributed by atoms with E-state index in [9.17, 15) is 4.79 Å². The Hall–Kier alpha value is -0.610. The van der Waals surface area contributed by atoms with Crippen molar-refractivity contribution >= 4 is 5.97 Å². The molecule has 1 rings (SSSR count). The van der Waals surface area contributed by atoms with E-state index in [2.05, 4.69) is 19.2 Å². The number of hydrogen-bond acceptors (Lipinski definition) is 4. The lowest BCUT2D eigenvalue weighted by Crippen LogP contribution is -2.53. The Labute approximate surface area is 130 Å². The van der Waals surface area contributed by atoms with Gasteiger partial charge in [-0.3, -0.25) is 10.1 Å². The summed E-state index contributed by atoms with van der Waals surface area (Å²) >= 11 is 0. The molecule has 0 amide bonds. The van der Waals surface area contributed by atoms with Crippen molar-refractivity contribution in [3.8, 4) is 0 Å². The highest BCUT2D eigenvalue weighted by Gasteiger charge is 2.40. The van der Waals surface area contributed by atoms with Crippen LogP contribution in [0.3, 0.4) is 0 Å². The van der Waals surface area contributed by atoms with Crippen LogP contribution in [-0.4, -0.2) is 36.9 Å². The molecule has 0 aromatic rings. The molecule has 3 unspecified atom stereocenters. The van der Waals surface area contributed by atoms with E-state index in [0.29, 0.717) is 25.0 Å². The predicted molar refractivity (Wildman–Crippen MR) is 85.3 cm³/mol. The maximum Gasteiger partial charge on any atom is 0.326 e. The van der Waals surface area contributed by atoms with Gasteiger partial charge in [0.05, 0.1) is 12.7 Å². The average molecular weight is 299 g/mol. The standard InChI is InChI=1S/C17H33NO3/c1-6-8-13(3)12-21-14(4)11-17(5,16(19)20-7-2)18-15-9-10-15/h13-15,18H,6-12H2,1-5H3. The molecular formula is C17H33NO3. The summed E-state index contributed by atoms with van der Waals surface area (Å²) in [5, 5.41) is 3.44. The van der Waals surface area contributed by atoms with E-state index in [1.54, 1.807) is 0 Å². The van der Waals surface area contributed by atoms with Crippen molar-refractivity contribution in [2.75, 3.05) is 13.2 Å². The highest BCUT2D eigenvalue weighted by atomic mass is 16.5. The molecule has 0 aliphatic heterocycles. The quantitative estimate of drug-likeness (QED) is 0.595. The van der Waals surface area contributed by atoms with Crippen LogP contribution in [0, 0.1) is 5.92 Å². The largest absolute Gasteiger partial charge is 0.465 e. The van der Waals surface area contributed by atoms with Gasteiger partial charge in [0.1, 0.15) is 5.54 Å². The van der Waals surface area contributed by atoms with Crippen molar-refractivity contribution in [1.82, 2.24) is 5.32 Å². The molecule has 0 radical (unpaired) electrons. The first-order valence-corrected chi connectivity index (χ1v) is 8.47. The van der Waals surface area contributed by atoms with Crippen molar-refractivity contribution in [3.63, 3.8) is 0 Å². The van der Waals surface area contributed by atoms with Crippen LogP contribution in [0.4, 0.5) is 0 Å². The third-order valence-corrected chi connectivity index (χ3v) is 3.97. The zero-order valence-electron chi connectivity index (χ0n) is 14.4. The third-order valence-electron chi connectivity index (χ3n) is 3.97. The third kappa shape index (κ3) is 6.79. The lowest BCUT2D eigenvalue weighted by molar-refractivity contribution is -0.152. The minimum absolute atomic E-state index is 0.0463. The fourth-order valence-corrected chi connectivity index (χ4v) is 2.71. The van der Waals surface area contributed by atoms with Gasteiger partial charge < -0.3 is 9.47 Å². The van der Waals surface area contributed by atoms with Crippen LogP contribution >= 0.6 is 0 Å².